The van der Waals surface area contributed by atoms with Crippen LogP contribution >= 0.6 is 35.3 Å². The van der Waals surface area contributed by atoms with Crippen molar-refractivity contribution >= 4 is 41.3 Å². The lowest BCUT2D eigenvalue weighted by Gasteiger charge is -2.21. The maximum atomic E-state index is 12.9. The molecule has 0 spiro atoms. The second-order valence-electron chi connectivity index (χ2n) is 5.06. The standard InChI is InChI=1S/C16H21FN4S.HI/c1-12-20-15(11-22-12)10-21(3)16(18-2)19-9-8-13-4-6-14(17)7-5-13;/h4-7,11H,8-10H2,1-3H3,(H,18,19);1H. The Hall–Kier alpha value is -1.22. The van der Waals surface area contributed by atoms with Crippen molar-refractivity contribution in [2.45, 2.75) is 19.9 Å². The highest BCUT2D eigenvalue weighted by Crippen LogP contribution is 2.09. The fraction of sp³-hybridized carbons (Fsp3) is 0.375. The van der Waals surface area contributed by atoms with Crippen molar-refractivity contribution in [2.75, 3.05) is 20.6 Å². The van der Waals surface area contributed by atoms with Crippen LogP contribution in [0.2, 0.25) is 0 Å². The van der Waals surface area contributed by atoms with Gasteiger partial charge in [-0.15, -0.1) is 35.3 Å². The molecule has 0 aliphatic heterocycles. The van der Waals surface area contributed by atoms with Gasteiger partial charge in [0.1, 0.15) is 5.82 Å². The summed E-state index contributed by atoms with van der Waals surface area (Å²) in [6, 6.07) is 6.59. The quantitative estimate of drug-likeness (QED) is 0.433. The van der Waals surface area contributed by atoms with E-state index in [9.17, 15) is 4.39 Å². The first-order valence-electron chi connectivity index (χ1n) is 7.15. The molecule has 0 radical (unpaired) electrons. The summed E-state index contributed by atoms with van der Waals surface area (Å²) in [5.74, 6) is 0.624. The van der Waals surface area contributed by atoms with Gasteiger partial charge in [0.15, 0.2) is 5.96 Å². The summed E-state index contributed by atoms with van der Waals surface area (Å²) in [7, 11) is 3.75. The number of hydrogen-bond donors (Lipinski definition) is 1. The summed E-state index contributed by atoms with van der Waals surface area (Å²) in [6.45, 7) is 3.48. The van der Waals surface area contributed by atoms with E-state index < -0.39 is 0 Å². The number of nitrogens with one attached hydrogen (secondary N) is 1. The molecule has 0 aliphatic carbocycles. The van der Waals surface area contributed by atoms with Crippen molar-refractivity contribution in [3.8, 4) is 0 Å². The second kappa shape index (κ2) is 9.82. The van der Waals surface area contributed by atoms with Gasteiger partial charge in [-0.05, 0) is 31.0 Å². The van der Waals surface area contributed by atoms with Crippen molar-refractivity contribution in [3.05, 3.63) is 51.7 Å². The Balaban J connectivity index is 0.00000264. The number of rotatable bonds is 5. The number of hydrogen-bond acceptors (Lipinski definition) is 3. The maximum Gasteiger partial charge on any atom is 0.193 e. The van der Waals surface area contributed by atoms with Gasteiger partial charge in [-0.1, -0.05) is 12.1 Å². The van der Waals surface area contributed by atoms with E-state index in [1.807, 2.05) is 31.0 Å². The van der Waals surface area contributed by atoms with E-state index in [1.165, 1.54) is 12.1 Å². The number of aromatic nitrogens is 1. The maximum absolute atomic E-state index is 12.9. The molecule has 4 nitrogen and oxygen atoms in total. The highest BCUT2D eigenvalue weighted by Gasteiger charge is 2.08. The Labute approximate surface area is 157 Å². The molecule has 0 atom stereocenters. The number of benzene rings is 1. The molecule has 1 aromatic carbocycles. The molecule has 126 valence electrons. The molecule has 0 amide bonds. The van der Waals surface area contributed by atoms with Crippen LogP contribution in [0.5, 0.6) is 0 Å². The first kappa shape index (κ1) is 19.8. The van der Waals surface area contributed by atoms with Gasteiger partial charge in [0, 0.05) is 26.0 Å². The molecule has 0 fully saturated rings. The Morgan fingerprint density at radius 1 is 1.35 bits per heavy atom. The number of guanidine groups is 1. The van der Waals surface area contributed by atoms with Crippen LogP contribution < -0.4 is 5.32 Å². The van der Waals surface area contributed by atoms with Gasteiger partial charge in [0.2, 0.25) is 0 Å². The smallest absolute Gasteiger partial charge is 0.193 e. The Morgan fingerprint density at radius 3 is 2.61 bits per heavy atom. The molecule has 0 unspecified atom stereocenters. The lowest BCUT2D eigenvalue weighted by atomic mass is 10.1. The van der Waals surface area contributed by atoms with Gasteiger partial charge in [-0.2, -0.15) is 0 Å². The Bertz CT molecular complexity index is 627. The van der Waals surface area contributed by atoms with Gasteiger partial charge in [-0.3, -0.25) is 4.99 Å². The van der Waals surface area contributed by atoms with Crippen LogP contribution in [-0.4, -0.2) is 36.5 Å². The molecule has 1 N–H and O–H groups in total. The molecular weight excluding hydrogens is 426 g/mol. The van der Waals surface area contributed by atoms with Gasteiger partial charge < -0.3 is 10.2 Å². The van der Waals surface area contributed by atoms with Crippen molar-refractivity contribution in [3.63, 3.8) is 0 Å². The number of halogens is 2. The molecule has 7 heteroatoms. The van der Waals surface area contributed by atoms with Gasteiger partial charge >= 0.3 is 0 Å². The van der Waals surface area contributed by atoms with Gasteiger partial charge in [-0.25, -0.2) is 9.37 Å². The fourth-order valence-electron chi connectivity index (χ4n) is 2.15. The van der Waals surface area contributed by atoms with Crippen LogP contribution in [0, 0.1) is 12.7 Å². The third-order valence-corrected chi connectivity index (χ3v) is 4.07. The minimum atomic E-state index is -0.203. The van der Waals surface area contributed by atoms with E-state index in [0.717, 1.165) is 41.7 Å². The van der Waals surface area contributed by atoms with Crippen LogP contribution in [0.1, 0.15) is 16.3 Å². The highest BCUT2D eigenvalue weighted by molar-refractivity contribution is 14.0. The zero-order valence-electron chi connectivity index (χ0n) is 13.5. The highest BCUT2D eigenvalue weighted by atomic mass is 127. The average molecular weight is 448 g/mol. The lowest BCUT2D eigenvalue weighted by Crippen LogP contribution is -2.39. The zero-order chi connectivity index (χ0) is 15.9. The van der Waals surface area contributed by atoms with Crippen molar-refractivity contribution in [2.24, 2.45) is 4.99 Å². The minimum absolute atomic E-state index is 0. The molecule has 1 aromatic heterocycles. The van der Waals surface area contributed by atoms with E-state index in [-0.39, 0.29) is 29.8 Å². The SMILES string of the molecule is CN=C(NCCc1ccc(F)cc1)N(C)Cc1csc(C)n1.I. The first-order valence-corrected chi connectivity index (χ1v) is 8.03. The number of aliphatic imine (C=N–C) groups is 1. The van der Waals surface area contributed by atoms with E-state index in [0.29, 0.717) is 0 Å². The Morgan fingerprint density at radius 2 is 2.04 bits per heavy atom. The van der Waals surface area contributed by atoms with Crippen LogP contribution in [0.15, 0.2) is 34.6 Å². The van der Waals surface area contributed by atoms with Crippen molar-refractivity contribution in [1.29, 1.82) is 0 Å². The monoisotopic (exact) mass is 448 g/mol. The number of aryl methyl sites for hydroxylation is 1. The third-order valence-electron chi connectivity index (χ3n) is 3.25. The molecular formula is C16H22FIN4S. The molecule has 0 bridgehead atoms. The summed E-state index contributed by atoms with van der Waals surface area (Å²) >= 11 is 1.65. The Kier molecular flexibility index (Phi) is 8.46. The van der Waals surface area contributed by atoms with Crippen molar-refractivity contribution in [1.82, 2.24) is 15.2 Å². The fourth-order valence-corrected chi connectivity index (χ4v) is 2.76. The molecule has 0 aliphatic rings. The molecule has 1 heterocycles. The van der Waals surface area contributed by atoms with Crippen LogP contribution in [0.4, 0.5) is 4.39 Å². The molecule has 23 heavy (non-hydrogen) atoms. The summed E-state index contributed by atoms with van der Waals surface area (Å²) in [4.78, 5) is 10.8. The lowest BCUT2D eigenvalue weighted by molar-refractivity contribution is 0.471. The summed E-state index contributed by atoms with van der Waals surface area (Å²) in [5, 5.41) is 6.46. The minimum Gasteiger partial charge on any atom is -0.356 e. The van der Waals surface area contributed by atoms with E-state index >= 15 is 0 Å². The van der Waals surface area contributed by atoms with Crippen LogP contribution in [0.25, 0.3) is 0 Å². The topological polar surface area (TPSA) is 40.5 Å². The second-order valence-corrected chi connectivity index (χ2v) is 6.13. The predicted molar refractivity (Wildman–Crippen MR) is 105 cm³/mol. The van der Waals surface area contributed by atoms with Crippen LogP contribution in [-0.2, 0) is 13.0 Å². The number of nitrogens with zero attached hydrogens (tertiary/aromatic N) is 3. The summed E-state index contributed by atoms with van der Waals surface area (Å²) in [5.41, 5.74) is 2.15. The summed E-state index contributed by atoms with van der Waals surface area (Å²) in [6.07, 6.45) is 0.822. The van der Waals surface area contributed by atoms with Crippen LogP contribution in [0.3, 0.4) is 0 Å². The van der Waals surface area contributed by atoms with Crippen molar-refractivity contribution < 1.29 is 4.39 Å². The normalized spacial score (nSPS) is 11.0. The first-order chi connectivity index (χ1) is 10.6. The van der Waals surface area contributed by atoms with Gasteiger partial charge in [0.25, 0.3) is 0 Å². The number of thiazole rings is 1. The van der Waals surface area contributed by atoms with E-state index in [4.69, 9.17) is 0 Å². The predicted octanol–water partition coefficient (Wildman–Crippen LogP) is 3.46. The summed E-state index contributed by atoms with van der Waals surface area (Å²) < 4.78 is 12.9. The van der Waals surface area contributed by atoms with E-state index in [2.05, 4.69) is 20.7 Å². The zero-order valence-corrected chi connectivity index (χ0v) is 16.7. The van der Waals surface area contributed by atoms with E-state index in [1.54, 1.807) is 18.4 Å². The largest absolute Gasteiger partial charge is 0.356 e. The average Bonchev–Trinajstić information content (AvgIpc) is 2.90. The molecule has 2 aromatic rings. The van der Waals surface area contributed by atoms with Gasteiger partial charge in [0.05, 0.1) is 17.2 Å². The molecule has 2 rings (SSSR count). The molecule has 0 saturated heterocycles. The third kappa shape index (κ3) is 6.42. The molecule has 0 saturated carbocycles.